The molecule has 2 rings (SSSR count). The Morgan fingerprint density at radius 2 is 1.78 bits per heavy atom. The van der Waals surface area contributed by atoms with Crippen molar-refractivity contribution in [2.45, 2.75) is 69.9 Å². The van der Waals surface area contributed by atoms with Gasteiger partial charge in [0.25, 0.3) is 0 Å². The number of aliphatic hydroxyl groups is 1. The minimum Gasteiger partial charge on any atom is -0.389 e. The van der Waals surface area contributed by atoms with Crippen molar-refractivity contribution in [2.24, 2.45) is 5.73 Å². The molecule has 0 aromatic heterocycles. The summed E-state index contributed by atoms with van der Waals surface area (Å²) in [5.74, 6) is 0.0884. The van der Waals surface area contributed by atoms with Crippen LogP contribution >= 0.6 is 35.3 Å². The van der Waals surface area contributed by atoms with Gasteiger partial charge >= 0.3 is 0 Å². The first-order valence-corrected chi connectivity index (χ1v) is 10.7. The zero-order valence-corrected chi connectivity index (χ0v) is 18.6. The Morgan fingerprint density at radius 3 is 2.26 bits per heavy atom. The molecule has 0 spiro atoms. The van der Waals surface area contributed by atoms with E-state index in [0.29, 0.717) is 6.04 Å². The molecule has 1 aliphatic heterocycles. The van der Waals surface area contributed by atoms with Crippen LogP contribution in [-0.2, 0) is 3.84 Å². The van der Waals surface area contributed by atoms with Crippen molar-refractivity contribution in [1.82, 2.24) is 4.90 Å². The molecule has 0 bridgehead atoms. The summed E-state index contributed by atoms with van der Waals surface area (Å²) < 4.78 is 3.19. The van der Waals surface area contributed by atoms with E-state index < -0.39 is 5.60 Å². The highest BCUT2D eigenvalue weighted by Gasteiger charge is 2.37. The second-order valence-corrected chi connectivity index (χ2v) is 8.31. The van der Waals surface area contributed by atoms with Gasteiger partial charge in [-0.15, -0.1) is 0 Å². The zero-order chi connectivity index (χ0) is 20.3. The summed E-state index contributed by atoms with van der Waals surface area (Å²) in [5, 5.41) is 12.2. The zero-order valence-electron chi connectivity index (χ0n) is 16.3. The Kier molecular flexibility index (Phi) is 12.2. The predicted molar refractivity (Wildman–Crippen MR) is 115 cm³/mol. The fraction of sp³-hybridized carbons (Fsp3) is 0.700. The first kappa shape index (κ1) is 25.0. The fourth-order valence-corrected chi connectivity index (χ4v) is 4.24. The highest BCUT2D eigenvalue weighted by atomic mass is 35.6. The Morgan fingerprint density at radius 1 is 1.22 bits per heavy atom. The Balaban J connectivity index is 0.00000114. The second kappa shape index (κ2) is 13.2. The van der Waals surface area contributed by atoms with E-state index in [-0.39, 0.29) is 5.92 Å². The number of likely N-dealkylation sites (tertiary alicyclic amines) is 1. The normalized spacial score (nSPS) is 17.3. The van der Waals surface area contributed by atoms with Crippen LogP contribution in [0.15, 0.2) is 24.3 Å². The highest BCUT2D eigenvalue weighted by Crippen LogP contribution is 2.38. The van der Waals surface area contributed by atoms with E-state index in [2.05, 4.69) is 52.4 Å². The molecule has 1 aromatic carbocycles. The number of nitrogens with two attached hydrogens (primary N) is 1. The number of hydrogen-bond acceptors (Lipinski definition) is 4. The Hall–Kier alpha value is -0.0700. The van der Waals surface area contributed by atoms with E-state index in [4.69, 9.17) is 17.3 Å². The minimum atomic E-state index is -0.673. The molecular weight excluding hydrogens is 407 g/mol. The lowest BCUT2D eigenvalue weighted by molar-refractivity contribution is -0.0183. The van der Waals surface area contributed by atoms with E-state index in [1.165, 1.54) is 0 Å². The summed E-state index contributed by atoms with van der Waals surface area (Å²) in [6.07, 6.45) is 5.71. The first-order valence-electron chi connectivity index (χ1n) is 9.75. The van der Waals surface area contributed by atoms with Gasteiger partial charge in [0.2, 0.25) is 0 Å². The maximum atomic E-state index is 11.5. The number of benzene rings is 1. The van der Waals surface area contributed by atoms with Gasteiger partial charge < -0.3 is 15.7 Å². The standard InChI is InChI=1S/C20H33ClN2O.Cl2O/c1-3-10-20(24,11-4-2)19(16-6-5-7-17(21)14-16)15-23-12-8-18(22)9-13-23;1-3-2/h5-7,14,18-19,24H,3-4,8-13,15,22H2,1-2H3;. The first-order chi connectivity index (χ1) is 12.9. The van der Waals surface area contributed by atoms with Crippen molar-refractivity contribution in [3.63, 3.8) is 0 Å². The third kappa shape index (κ3) is 8.45. The van der Waals surface area contributed by atoms with Crippen molar-refractivity contribution in [2.75, 3.05) is 19.6 Å². The van der Waals surface area contributed by atoms with Crippen LogP contribution in [0.3, 0.4) is 0 Å². The maximum Gasteiger partial charge on any atom is 0.0832 e. The Bertz CT molecular complexity index is 520. The average Bonchev–Trinajstić information content (AvgIpc) is 2.62. The molecule has 1 saturated heterocycles. The smallest absolute Gasteiger partial charge is 0.0832 e. The summed E-state index contributed by atoms with van der Waals surface area (Å²) >= 11 is 14.8. The number of nitrogens with zero attached hydrogens (tertiary/aromatic N) is 1. The van der Waals surface area contributed by atoms with Crippen LogP contribution in [0.1, 0.15) is 63.9 Å². The average molecular weight is 440 g/mol. The maximum absolute atomic E-state index is 11.5. The summed E-state index contributed by atoms with van der Waals surface area (Å²) in [6, 6.07) is 8.37. The number of hydrogen-bond donors (Lipinski definition) is 2. The van der Waals surface area contributed by atoms with Crippen LogP contribution in [0, 0.1) is 0 Å². The monoisotopic (exact) mass is 438 g/mol. The van der Waals surface area contributed by atoms with Crippen molar-refractivity contribution in [3.8, 4) is 0 Å². The van der Waals surface area contributed by atoms with E-state index in [1.807, 2.05) is 18.2 Å². The highest BCUT2D eigenvalue weighted by molar-refractivity contribution is 6.30. The number of halogens is 3. The van der Waals surface area contributed by atoms with Gasteiger partial charge in [0, 0.05) is 23.5 Å². The summed E-state index contributed by atoms with van der Waals surface area (Å²) in [4.78, 5) is 2.46. The van der Waals surface area contributed by atoms with Gasteiger partial charge in [-0.3, -0.25) is 0 Å². The second-order valence-electron chi connectivity index (χ2n) is 7.41. The topological polar surface area (TPSA) is 58.7 Å². The molecule has 1 fully saturated rings. The predicted octanol–water partition coefficient (Wildman–Crippen LogP) is 5.49. The molecule has 1 atom stereocenters. The molecule has 0 saturated carbocycles. The van der Waals surface area contributed by atoms with Crippen molar-refractivity contribution in [1.29, 1.82) is 0 Å². The quantitative estimate of drug-likeness (QED) is 0.562. The summed E-state index contributed by atoms with van der Waals surface area (Å²) in [6.45, 7) is 7.22. The van der Waals surface area contributed by atoms with Gasteiger partial charge in [0.05, 0.1) is 29.3 Å². The van der Waals surface area contributed by atoms with Crippen LogP contribution in [-0.4, -0.2) is 41.3 Å². The molecule has 3 N–H and O–H groups in total. The summed E-state index contributed by atoms with van der Waals surface area (Å²) in [7, 11) is 0. The largest absolute Gasteiger partial charge is 0.389 e. The molecule has 156 valence electrons. The van der Waals surface area contributed by atoms with E-state index in [9.17, 15) is 5.11 Å². The van der Waals surface area contributed by atoms with Gasteiger partial charge in [0.1, 0.15) is 0 Å². The SMILES string of the molecule is CCCC(O)(CCC)C(CN1CCC(N)CC1)c1cccc(Cl)c1.ClOCl. The molecule has 0 amide bonds. The number of piperidine rings is 1. The van der Waals surface area contributed by atoms with Crippen molar-refractivity contribution in [3.05, 3.63) is 34.9 Å². The van der Waals surface area contributed by atoms with Crippen LogP contribution in [0.2, 0.25) is 5.02 Å². The molecule has 1 heterocycles. The molecule has 27 heavy (non-hydrogen) atoms. The molecule has 7 heteroatoms. The van der Waals surface area contributed by atoms with Crippen LogP contribution in [0.4, 0.5) is 0 Å². The van der Waals surface area contributed by atoms with Crippen molar-refractivity contribution >= 4 is 35.3 Å². The van der Waals surface area contributed by atoms with E-state index in [1.54, 1.807) is 0 Å². The van der Waals surface area contributed by atoms with Gasteiger partial charge in [-0.1, -0.05) is 50.4 Å². The molecule has 1 aliphatic rings. The van der Waals surface area contributed by atoms with Crippen LogP contribution < -0.4 is 5.73 Å². The lowest BCUT2D eigenvalue weighted by atomic mass is 9.76. The molecule has 1 aromatic rings. The number of rotatable bonds is 8. The molecule has 0 aliphatic carbocycles. The third-order valence-electron chi connectivity index (χ3n) is 5.34. The third-order valence-corrected chi connectivity index (χ3v) is 5.57. The Labute approximate surface area is 179 Å². The fourth-order valence-electron chi connectivity index (χ4n) is 4.04. The van der Waals surface area contributed by atoms with Crippen molar-refractivity contribution < 1.29 is 8.95 Å². The summed E-state index contributed by atoms with van der Waals surface area (Å²) in [5.41, 5.74) is 6.53. The molecule has 0 radical (unpaired) electrons. The van der Waals surface area contributed by atoms with Gasteiger partial charge in [-0.25, -0.2) is 0 Å². The van der Waals surface area contributed by atoms with Gasteiger partial charge in [-0.2, -0.15) is 3.84 Å². The lowest BCUT2D eigenvalue weighted by Gasteiger charge is -2.41. The molecule has 1 unspecified atom stereocenters. The lowest BCUT2D eigenvalue weighted by Crippen LogP contribution is -2.46. The van der Waals surface area contributed by atoms with Gasteiger partial charge in [-0.05, 0) is 56.5 Å². The van der Waals surface area contributed by atoms with Crippen LogP contribution in [0.5, 0.6) is 0 Å². The van der Waals surface area contributed by atoms with E-state index in [0.717, 1.165) is 68.7 Å². The van der Waals surface area contributed by atoms with E-state index >= 15 is 0 Å². The van der Waals surface area contributed by atoms with Gasteiger partial charge in [0.15, 0.2) is 0 Å². The molecule has 4 nitrogen and oxygen atoms in total. The minimum absolute atomic E-state index is 0.0884. The molecular formula is C20H33Cl3N2O2. The van der Waals surface area contributed by atoms with Crippen LogP contribution in [0.25, 0.3) is 0 Å².